The molecule has 1 fully saturated rings. The third-order valence-corrected chi connectivity index (χ3v) is 4.65. The number of hydrogen-bond donors (Lipinski definition) is 2. The second-order valence-electron chi connectivity index (χ2n) is 6.66. The van der Waals surface area contributed by atoms with Crippen molar-refractivity contribution in [2.75, 3.05) is 38.7 Å². The highest BCUT2D eigenvalue weighted by Crippen LogP contribution is 2.28. The molecule has 1 atom stereocenters. The maximum atomic E-state index is 12.4. The first kappa shape index (κ1) is 21.7. The van der Waals surface area contributed by atoms with Crippen LogP contribution < -0.4 is 15.4 Å². The van der Waals surface area contributed by atoms with Gasteiger partial charge in [0.05, 0.1) is 12.3 Å². The van der Waals surface area contributed by atoms with Gasteiger partial charge >= 0.3 is 0 Å². The van der Waals surface area contributed by atoms with E-state index in [4.69, 9.17) is 9.47 Å². The molecule has 2 rings (SSSR count). The highest BCUT2D eigenvalue weighted by atomic mass is 35.5. The molecule has 0 saturated carbocycles. The van der Waals surface area contributed by atoms with Gasteiger partial charge in [-0.15, -0.1) is 12.4 Å². The van der Waals surface area contributed by atoms with Gasteiger partial charge < -0.3 is 20.1 Å². The summed E-state index contributed by atoms with van der Waals surface area (Å²) >= 11 is 0. The Morgan fingerprint density at radius 2 is 2.04 bits per heavy atom. The lowest BCUT2D eigenvalue weighted by atomic mass is 9.84. The number of carbonyl (C=O) groups is 1. The number of methoxy groups -OCH3 is 1. The van der Waals surface area contributed by atoms with Gasteiger partial charge in [0.25, 0.3) is 0 Å². The lowest BCUT2D eigenvalue weighted by molar-refractivity contribution is -0.117. The molecule has 2 N–H and O–H groups in total. The lowest BCUT2D eigenvalue weighted by Gasteiger charge is -2.28. The van der Waals surface area contributed by atoms with Crippen molar-refractivity contribution in [3.05, 3.63) is 23.8 Å². The number of benzene rings is 1. The first-order chi connectivity index (χ1) is 11.6. The second kappa shape index (κ2) is 11.3. The van der Waals surface area contributed by atoms with E-state index in [1.54, 1.807) is 7.11 Å². The van der Waals surface area contributed by atoms with Gasteiger partial charge in [0, 0.05) is 13.5 Å². The molecule has 1 aromatic rings. The van der Waals surface area contributed by atoms with Gasteiger partial charge in [0.2, 0.25) is 5.91 Å². The number of ether oxygens (including phenoxy) is 2. The van der Waals surface area contributed by atoms with Crippen molar-refractivity contribution in [3.8, 4) is 5.75 Å². The molecule has 1 aliphatic rings. The molecule has 1 aromatic carbocycles. The van der Waals surface area contributed by atoms with Crippen LogP contribution >= 0.6 is 12.4 Å². The van der Waals surface area contributed by atoms with Gasteiger partial charge in [-0.25, -0.2) is 0 Å². The third-order valence-electron chi connectivity index (χ3n) is 4.65. The van der Waals surface area contributed by atoms with Crippen LogP contribution in [0.3, 0.4) is 0 Å². The van der Waals surface area contributed by atoms with E-state index in [0.29, 0.717) is 37.2 Å². The fraction of sp³-hybridized carbons (Fsp3) is 0.632. The van der Waals surface area contributed by atoms with E-state index < -0.39 is 0 Å². The number of carbonyl (C=O) groups excluding carboxylic acids is 1. The zero-order valence-corrected chi connectivity index (χ0v) is 16.3. The van der Waals surface area contributed by atoms with E-state index in [9.17, 15) is 4.79 Å². The van der Waals surface area contributed by atoms with Crippen LogP contribution in [0.25, 0.3) is 0 Å². The average Bonchev–Trinajstić information content (AvgIpc) is 2.58. The summed E-state index contributed by atoms with van der Waals surface area (Å²) in [7, 11) is 1.64. The highest BCUT2D eigenvalue weighted by molar-refractivity contribution is 5.92. The molecule has 25 heavy (non-hydrogen) atoms. The van der Waals surface area contributed by atoms with Crippen LogP contribution in [0.15, 0.2) is 18.2 Å². The molecule has 1 saturated heterocycles. The zero-order chi connectivity index (χ0) is 17.4. The van der Waals surface area contributed by atoms with Crippen molar-refractivity contribution in [2.24, 2.45) is 11.8 Å². The normalized spacial score (nSPS) is 16.0. The Morgan fingerprint density at radius 1 is 1.32 bits per heavy atom. The number of hydrogen-bond acceptors (Lipinski definition) is 4. The van der Waals surface area contributed by atoms with Gasteiger partial charge in [-0.2, -0.15) is 0 Å². The number of anilines is 1. The van der Waals surface area contributed by atoms with Gasteiger partial charge in [0.15, 0.2) is 0 Å². The molecule has 6 heteroatoms. The molecule has 0 spiro atoms. The fourth-order valence-corrected chi connectivity index (χ4v) is 3.16. The van der Waals surface area contributed by atoms with E-state index >= 15 is 0 Å². The van der Waals surface area contributed by atoms with Crippen molar-refractivity contribution < 1.29 is 14.3 Å². The fourth-order valence-electron chi connectivity index (χ4n) is 3.16. The van der Waals surface area contributed by atoms with Crippen molar-refractivity contribution >= 4 is 24.0 Å². The van der Waals surface area contributed by atoms with E-state index in [1.807, 2.05) is 25.1 Å². The zero-order valence-electron chi connectivity index (χ0n) is 15.5. The Morgan fingerprint density at radius 3 is 2.72 bits per heavy atom. The summed E-state index contributed by atoms with van der Waals surface area (Å²) in [4.78, 5) is 12.4. The van der Waals surface area contributed by atoms with Crippen LogP contribution in [0.5, 0.6) is 5.75 Å². The SMILES string of the molecule is COCCOc1cc(C)ccc1NC(=O)CC(C)C1CCNCC1.Cl. The highest BCUT2D eigenvalue weighted by Gasteiger charge is 2.22. The Balaban J connectivity index is 0.00000312. The van der Waals surface area contributed by atoms with Crippen LogP contribution in [-0.2, 0) is 9.53 Å². The topological polar surface area (TPSA) is 59.6 Å². The predicted molar refractivity (Wildman–Crippen MR) is 104 cm³/mol. The monoisotopic (exact) mass is 370 g/mol. The summed E-state index contributed by atoms with van der Waals surface area (Å²) in [6.07, 6.45) is 2.87. The summed E-state index contributed by atoms with van der Waals surface area (Å²) in [6.45, 7) is 7.30. The molecule has 0 aliphatic carbocycles. The molecule has 142 valence electrons. The summed E-state index contributed by atoms with van der Waals surface area (Å²) < 4.78 is 10.7. The quantitative estimate of drug-likeness (QED) is 0.688. The average molecular weight is 371 g/mol. The Hall–Kier alpha value is -1.30. The van der Waals surface area contributed by atoms with E-state index in [2.05, 4.69) is 17.6 Å². The van der Waals surface area contributed by atoms with E-state index in [1.165, 1.54) is 0 Å². The molecule has 0 bridgehead atoms. The maximum absolute atomic E-state index is 12.4. The summed E-state index contributed by atoms with van der Waals surface area (Å²) in [5.74, 6) is 1.79. The van der Waals surface area contributed by atoms with Crippen molar-refractivity contribution in [1.82, 2.24) is 5.32 Å². The largest absolute Gasteiger partial charge is 0.489 e. The second-order valence-corrected chi connectivity index (χ2v) is 6.66. The van der Waals surface area contributed by atoms with Gasteiger partial charge in [-0.05, 0) is 62.4 Å². The standard InChI is InChI=1S/C19H30N2O3.ClH/c1-14-4-5-17(18(12-14)24-11-10-23-3)21-19(22)13-15(2)16-6-8-20-9-7-16;/h4-5,12,15-16,20H,6-11,13H2,1-3H3,(H,21,22);1H. The number of piperidine rings is 1. The first-order valence-corrected chi connectivity index (χ1v) is 8.83. The predicted octanol–water partition coefficient (Wildman–Crippen LogP) is 3.41. The van der Waals surface area contributed by atoms with Crippen molar-refractivity contribution in [2.45, 2.75) is 33.1 Å². The van der Waals surface area contributed by atoms with Gasteiger partial charge in [-0.3, -0.25) is 4.79 Å². The van der Waals surface area contributed by atoms with Gasteiger partial charge in [0.1, 0.15) is 12.4 Å². The molecular formula is C19H31ClN2O3. The number of rotatable bonds is 8. The molecule has 1 amide bonds. The minimum absolute atomic E-state index is 0. The molecule has 0 aromatic heterocycles. The molecule has 1 unspecified atom stereocenters. The Labute approximate surface area is 157 Å². The van der Waals surface area contributed by atoms with Crippen molar-refractivity contribution in [3.63, 3.8) is 0 Å². The van der Waals surface area contributed by atoms with Crippen LogP contribution in [0.1, 0.15) is 31.7 Å². The maximum Gasteiger partial charge on any atom is 0.224 e. The third kappa shape index (κ3) is 7.22. The molecule has 5 nitrogen and oxygen atoms in total. The minimum atomic E-state index is 0. The molecule has 1 heterocycles. The minimum Gasteiger partial charge on any atom is -0.489 e. The van der Waals surface area contributed by atoms with E-state index in [-0.39, 0.29) is 18.3 Å². The summed E-state index contributed by atoms with van der Waals surface area (Å²) in [5, 5.41) is 6.39. The lowest BCUT2D eigenvalue weighted by Crippen LogP contribution is -2.32. The smallest absolute Gasteiger partial charge is 0.224 e. The van der Waals surface area contributed by atoms with E-state index in [0.717, 1.165) is 37.2 Å². The first-order valence-electron chi connectivity index (χ1n) is 8.83. The Kier molecular flexibility index (Phi) is 9.86. The summed E-state index contributed by atoms with van der Waals surface area (Å²) in [5.41, 5.74) is 1.84. The number of aryl methyl sites for hydroxylation is 1. The number of amides is 1. The van der Waals surface area contributed by atoms with Crippen LogP contribution in [0.2, 0.25) is 0 Å². The molecule has 0 radical (unpaired) electrons. The summed E-state index contributed by atoms with van der Waals surface area (Å²) in [6, 6.07) is 5.83. The van der Waals surface area contributed by atoms with Crippen LogP contribution in [0, 0.1) is 18.8 Å². The Bertz CT molecular complexity index is 533. The molecule has 1 aliphatic heterocycles. The van der Waals surface area contributed by atoms with Crippen LogP contribution in [-0.4, -0.2) is 39.3 Å². The molecular weight excluding hydrogens is 340 g/mol. The van der Waals surface area contributed by atoms with Crippen molar-refractivity contribution in [1.29, 1.82) is 0 Å². The number of halogens is 1. The van der Waals surface area contributed by atoms with Crippen LogP contribution in [0.4, 0.5) is 5.69 Å². The van der Waals surface area contributed by atoms with Gasteiger partial charge in [-0.1, -0.05) is 13.0 Å². The number of nitrogens with one attached hydrogen (secondary N) is 2.